The maximum absolute atomic E-state index is 13.4. The fraction of sp³-hybridized carbons (Fsp3) is 0.278. The van der Waals surface area contributed by atoms with Gasteiger partial charge in [-0.05, 0) is 54.0 Å². The number of hydrogen-bond donors (Lipinski definition) is 0. The largest absolute Gasteiger partial charge is 0.294 e. The predicted octanol–water partition coefficient (Wildman–Crippen LogP) is 4.64. The van der Waals surface area contributed by atoms with Crippen molar-refractivity contribution >= 4 is 17.4 Å². The highest BCUT2D eigenvalue weighted by Gasteiger charge is 2.57. The normalized spacial score (nSPS) is 25.9. The van der Waals surface area contributed by atoms with Crippen molar-refractivity contribution in [3.8, 4) is 0 Å². The second kappa shape index (κ2) is 4.67. The van der Waals surface area contributed by atoms with Gasteiger partial charge in [-0.1, -0.05) is 35.9 Å². The Balaban J connectivity index is 1.68. The van der Waals surface area contributed by atoms with Crippen LogP contribution in [0.1, 0.15) is 33.8 Å². The number of rotatable bonds is 2. The summed E-state index contributed by atoms with van der Waals surface area (Å²) < 4.78 is 13.4. The first-order chi connectivity index (χ1) is 10.2. The third-order valence-corrected chi connectivity index (χ3v) is 5.16. The molecule has 3 atom stereocenters. The van der Waals surface area contributed by atoms with Gasteiger partial charge >= 0.3 is 0 Å². The number of fused-ring (bicyclic) bond motifs is 3. The molecule has 0 bridgehead atoms. The van der Waals surface area contributed by atoms with Crippen molar-refractivity contribution in [2.24, 2.45) is 11.8 Å². The van der Waals surface area contributed by atoms with Crippen LogP contribution in [0.5, 0.6) is 0 Å². The first-order valence-corrected chi connectivity index (χ1v) is 7.61. The summed E-state index contributed by atoms with van der Waals surface area (Å²) >= 11 is 6.07. The van der Waals surface area contributed by atoms with Gasteiger partial charge in [0.1, 0.15) is 5.82 Å². The van der Waals surface area contributed by atoms with E-state index >= 15 is 0 Å². The first-order valence-electron chi connectivity index (χ1n) is 7.24. The standard InChI is InChI=1S/C18H14ClFO/c19-15-8-6-11(20)9-14(15)18(21)17-13-7-5-10-3-1-2-4-12(10)16(13)17/h1-4,6,8-9,13,16-17H,5,7H2. The van der Waals surface area contributed by atoms with E-state index in [1.54, 1.807) is 0 Å². The van der Waals surface area contributed by atoms with Gasteiger partial charge in [-0.3, -0.25) is 4.79 Å². The lowest BCUT2D eigenvalue weighted by Gasteiger charge is -2.13. The Bertz CT molecular complexity index is 740. The Morgan fingerprint density at radius 3 is 2.86 bits per heavy atom. The Morgan fingerprint density at radius 1 is 1.19 bits per heavy atom. The van der Waals surface area contributed by atoms with E-state index in [0.29, 0.717) is 22.4 Å². The molecular formula is C18H14ClFO. The molecule has 3 unspecified atom stereocenters. The van der Waals surface area contributed by atoms with Crippen LogP contribution < -0.4 is 0 Å². The van der Waals surface area contributed by atoms with Gasteiger partial charge in [-0.2, -0.15) is 0 Å². The topological polar surface area (TPSA) is 17.1 Å². The van der Waals surface area contributed by atoms with E-state index in [4.69, 9.17) is 11.6 Å². The molecule has 2 aromatic carbocycles. The smallest absolute Gasteiger partial charge is 0.168 e. The van der Waals surface area contributed by atoms with Gasteiger partial charge in [0.05, 0.1) is 5.02 Å². The fourth-order valence-electron chi connectivity index (χ4n) is 3.79. The molecule has 0 saturated heterocycles. The Hall–Kier alpha value is -1.67. The van der Waals surface area contributed by atoms with Crippen LogP contribution in [0.2, 0.25) is 5.02 Å². The zero-order valence-electron chi connectivity index (χ0n) is 11.4. The molecule has 1 nitrogen and oxygen atoms in total. The molecule has 21 heavy (non-hydrogen) atoms. The van der Waals surface area contributed by atoms with Crippen molar-refractivity contribution in [3.05, 3.63) is 70.0 Å². The summed E-state index contributed by atoms with van der Waals surface area (Å²) in [7, 11) is 0. The average Bonchev–Trinajstić information content (AvgIpc) is 3.24. The number of ketones is 1. The van der Waals surface area contributed by atoms with Crippen molar-refractivity contribution in [1.82, 2.24) is 0 Å². The molecule has 1 saturated carbocycles. The molecule has 2 aliphatic rings. The zero-order chi connectivity index (χ0) is 14.6. The van der Waals surface area contributed by atoms with Crippen LogP contribution in [0.15, 0.2) is 42.5 Å². The molecule has 0 radical (unpaired) electrons. The number of carbonyl (C=O) groups excluding carboxylic acids is 1. The maximum atomic E-state index is 13.4. The SMILES string of the molecule is O=C(c1cc(F)ccc1Cl)C1C2CCc3ccccc3C21. The van der Waals surface area contributed by atoms with Crippen LogP contribution >= 0.6 is 11.6 Å². The summed E-state index contributed by atoms with van der Waals surface area (Å²) in [6.45, 7) is 0. The van der Waals surface area contributed by atoms with E-state index < -0.39 is 5.82 Å². The average molecular weight is 301 g/mol. The summed E-state index contributed by atoms with van der Waals surface area (Å²) in [4.78, 5) is 12.7. The summed E-state index contributed by atoms with van der Waals surface area (Å²) in [6, 6.07) is 12.3. The summed E-state index contributed by atoms with van der Waals surface area (Å²) in [6.07, 6.45) is 2.06. The molecule has 0 heterocycles. The molecule has 3 heteroatoms. The van der Waals surface area contributed by atoms with Gasteiger partial charge in [0.15, 0.2) is 5.78 Å². The van der Waals surface area contributed by atoms with E-state index in [0.717, 1.165) is 12.8 Å². The first kappa shape index (κ1) is 13.0. The van der Waals surface area contributed by atoms with E-state index in [1.165, 1.54) is 29.3 Å². The number of benzene rings is 2. The second-order valence-electron chi connectivity index (χ2n) is 5.94. The molecule has 0 N–H and O–H groups in total. The number of carbonyl (C=O) groups is 1. The van der Waals surface area contributed by atoms with Gasteiger partial charge in [0.25, 0.3) is 0 Å². The van der Waals surface area contributed by atoms with Gasteiger partial charge in [-0.15, -0.1) is 0 Å². The van der Waals surface area contributed by atoms with Crippen LogP contribution in [0.25, 0.3) is 0 Å². The number of hydrogen-bond acceptors (Lipinski definition) is 1. The molecule has 106 valence electrons. The minimum absolute atomic E-state index is 0.00815. The zero-order valence-corrected chi connectivity index (χ0v) is 12.1. The van der Waals surface area contributed by atoms with Crippen molar-refractivity contribution in [3.63, 3.8) is 0 Å². The molecule has 0 aromatic heterocycles. The highest BCUT2D eigenvalue weighted by molar-refractivity contribution is 6.34. The number of halogens is 2. The third kappa shape index (κ3) is 2.01. The molecule has 1 fully saturated rings. The summed E-state index contributed by atoms with van der Waals surface area (Å²) in [5.74, 6) is 0.236. The Labute approximate surface area is 127 Å². The lowest BCUT2D eigenvalue weighted by atomic mass is 9.92. The highest BCUT2D eigenvalue weighted by Crippen LogP contribution is 2.61. The van der Waals surface area contributed by atoms with Crippen molar-refractivity contribution in [2.75, 3.05) is 0 Å². The van der Waals surface area contributed by atoms with Gasteiger partial charge in [0, 0.05) is 11.5 Å². The van der Waals surface area contributed by atoms with E-state index in [9.17, 15) is 9.18 Å². The predicted molar refractivity (Wildman–Crippen MR) is 80.2 cm³/mol. The molecule has 0 aliphatic heterocycles. The highest BCUT2D eigenvalue weighted by atomic mass is 35.5. The van der Waals surface area contributed by atoms with Gasteiger partial charge in [-0.25, -0.2) is 4.39 Å². The van der Waals surface area contributed by atoms with Crippen LogP contribution in [-0.2, 0) is 6.42 Å². The second-order valence-corrected chi connectivity index (χ2v) is 6.35. The lowest BCUT2D eigenvalue weighted by molar-refractivity contribution is 0.0959. The number of Topliss-reactive ketones (excluding diaryl/α,β-unsaturated/α-hetero) is 1. The van der Waals surface area contributed by atoms with E-state index in [-0.39, 0.29) is 11.7 Å². The summed E-state index contributed by atoms with van der Waals surface area (Å²) in [5.41, 5.74) is 2.97. The minimum Gasteiger partial charge on any atom is -0.294 e. The van der Waals surface area contributed by atoms with Gasteiger partial charge < -0.3 is 0 Å². The molecule has 0 amide bonds. The maximum Gasteiger partial charge on any atom is 0.168 e. The lowest BCUT2D eigenvalue weighted by Crippen LogP contribution is -2.05. The van der Waals surface area contributed by atoms with E-state index in [1.807, 2.05) is 12.1 Å². The fourth-order valence-corrected chi connectivity index (χ4v) is 4.00. The van der Waals surface area contributed by atoms with Crippen LogP contribution in [0, 0.1) is 17.7 Å². The molecule has 0 spiro atoms. The van der Waals surface area contributed by atoms with E-state index in [2.05, 4.69) is 12.1 Å². The monoisotopic (exact) mass is 300 g/mol. The molecule has 2 aliphatic carbocycles. The minimum atomic E-state index is -0.410. The molecular weight excluding hydrogens is 287 g/mol. The molecule has 4 rings (SSSR count). The molecule has 2 aromatic rings. The van der Waals surface area contributed by atoms with Gasteiger partial charge in [0.2, 0.25) is 0 Å². The number of aryl methyl sites for hydroxylation is 1. The van der Waals surface area contributed by atoms with Crippen molar-refractivity contribution < 1.29 is 9.18 Å². The van der Waals surface area contributed by atoms with Crippen molar-refractivity contribution in [2.45, 2.75) is 18.8 Å². The van der Waals surface area contributed by atoms with Crippen molar-refractivity contribution in [1.29, 1.82) is 0 Å². The van der Waals surface area contributed by atoms with Crippen LogP contribution in [0.4, 0.5) is 4.39 Å². The van der Waals surface area contributed by atoms with Crippen LogP contribution in [0.3, 0.4) is 0 Å². The summed E-state index contributed by atoms with van der Waals surface area (Å²) in [5, 5.41) is 0.346. The quantitative estimate of drug-likeness (QED) is 0.739. The Kier molecular flexibility index (Phi) is 2.90. The third-order valence-electron chi connectivity index (χ3n) is 4.83. The van der Waals surface area contributed by atoms with Crippen LogP contribution in [-0.4, -0.2) is 5.78 Å². The Morgan fingerprint density at radius 2 is 2.00 bits per heavy atom.